The van der Waals surface area contributed by atoms with E-state index in [9.17, 15) is 14.9 Å². The largest absolute Gasteiger partial charge is 0.496 e. The van der Waals surface area contributed by atoms with E-state index in [1.54, 1.807) is 19.2 Å². The standard InChI is InChI=1S/C22H18N6O4/c1-13-7-8-14(11-19(13)32-2)15-9-10-17-21(24-15)26-20(12-23-17)27-22(29)25-16-5-3-4-6-18(16)28(30)31/h3-12H,1-2H3,(H2,24,25,26,27,29). The van der Waals surface area contributed by atoms with Gasteiger partial charge in [-0.05, 0) is 36.8 Å². The molecule has 4 aromatic rings. The van der Waals surface area contributed by atoms with Gasteiger partial charge in [-0.25, -0.2) is 19.7 Å². The fourth-order valence-corrected chi connectivity index (χ4v) is 3.11. The van der Waals surface area contributed by atoms with E-state index >= 15 is 0 Å². The Kier molecular flexibility index (Phi) is 5.58. The number of hydrogen-bond donors (Lipinski definition) is 2. The molecular weight excluding hydrogens is 412 g/mol. The number of urea groups is 1. The number of carbonyl (C=O) groups is 1. The SMILES string of the molecule is COc1cc(-c2ccc3ncc(NC(=O)Nc4ccccc4[N+](=O)[O-])nc3n2)ccc1C. The van der Waals surface area contributed by atoms with Crippen molar-refractivity contribution in [3.05, 3.63) is 76.5 Å². The molecule has 10 nitrogen and oxygen atoms in total. The molecule has 32 heavy (non-hydrogen) atoms. The molecule has 0 bridgehead atoms. The molecule has 0 unspecified atom stereocenters. The van der Waals surface area contributed by atoms with Gasteiger partial charge in [0.05, 0.1) is 23.9 Å². The molecule has 2 N–H and O–H groups in total. The lowest BCUT2D eigenvalue weighted by molar-refractivity contribution is -0.383. The number of nitro groups is 1. The highest BCUT2D eigenvalue weighted by molar-refractivity contribution is 6.00. The molecule has 2 aromatic heterocycles. The molecule has 0 aliphatic rings. The third-order valence-electron chi connectivity index (χ3n) is 4.70. The molecule has 2 aromatic carbocycles. The Morgan fingerprint density at radius 3 is 2.66 bits per heavy atom. The number of aromatic nitrogens is 3. The van der Waals surface area contributed by atoms with Gasteiger partial charge in [-0.15, -0.1) is 0 Å². The molecule has 0 spiro atoms. The van der Waals surface area contributed by atoms with Crippen molar-refractivity contribution >= 4 is 34.4 Å². The number of nitrogens with zero attached hydrogens (tertiary/aromatic N) is 4. The van der Waals surface area contributed by atoms with Crippen LogP contribution < -0.4 is 15.4 Å². The Hall–Kier alpha value is -4.60. The van der Waals surface area contributed by atoms with Gasteiger partial charge in [0.15, 0.2) is 11.5 Å². The summed E-state index contributed by atoms with van der Waals surface area (Å²) in [5.41, 5.74) is 3.27. The van der Waals surface area contributed by atoms with Crippen molar-refractivity contribution in [2.24, 2.45) is 0 Å². The molecule has 10 heteroatoms. The first kappa shape index (κ1) is 20.7. The lowest BCUT2D eigenvalue weighted by atomic mass is 10.1. The number of rotatable bonds is 5. The second-order valence-corrected chi connectivity index (χ2v) is 6.83. The Bertz CT molecular complexity index is 1340. The van der Waals surface area contributed by atoms with Crippen molar-refractivity contribution in [1.82, 2.24) is 15.0 Å². The molecule has 0 atom stereocenters. The number of nitrogens with one attached hydrogen (secondary N) is 2. The Morgan fingerprint density at radius 1 is 1.06 bits per heavy atom. The zero-order chi connectivity index (χ0) is 22.7. The van der Waals surface area contributed by atoms with Crippen molar-refractivity contribution in [3.63, 3.8) is 0 Å². The van der Waals surface area contributed by atoms with Gasteiger partial charge in [0, 0.05) is 11.6 Å². The number of nitro benzene ring substituents is 1. The van der Waals surface area contributed by atoms with Gasteiger partial charge in [0.1, 0.15) is 17.0 Å². The highest BCUT2D eigenvalue weighted by Crippen LogP contribution is 2.27. The molecule has 0 saturated heterocycles. The summed E-state index contributed by atoms with van der Waals surface area (Å²) in [4.78, 5) is 36.0. The number of amides is 2. The van der Waals surface area contributed by atoms with Gasteiger partial charge in [-0.2, -0.15) is 0 Å². The minimum atomic E-state index is -0.688. The number of methoxy groups -OCH3 is 1. The third-order valence-corrected chi connectivity index (χ3v) is 4.70. The smallest absolute Gasteiger partial charge is 0.325 e. The molecule has 4 rings (SSSR count). The maximum absolute atomic E-state index is 12.3. The monoisotopic (exact) mass is 430 g/mol. The molecular formula is C22H18N6O4. The average molecular weight is 430 g/mol. The molecule has 0 aliphatic heterocycles. The number of aryl methyl sites for hydroxylation is 1. The number of pyridine rings is 1. The first-order chi connectivity index (χ1) is 15.4. The van der Waals surface area contributed by atoms with Crippen molar-refractivity contribution in [2.75, 3.05) is 17.7 Å². The topological polar surface area (TPSA) is 132 Å². The van der Waals surface area contributed by atoms with E-state index in [2.05, 4.69) is 25.6 Å². The van der Waals surface area contributed by atoms with E-state index in [4.69, 9.17) is 4.74 Å². The van der Waals surface area contributed by atoms with Gasteiger partial charge < -0.3 is 10.1 Å². The summed E-state index contributed by atoms with van der Waals surface area (Å²) in [5, 5.41) is 16.1. The number of carbonyl (C=O) groups excluding carboxylic acids is 1. The van der Waals surface area contributed by atoms with Crippen LogP contribution in [0.4, 0.5) is 22.0 Å². The molecule has 160 valence electrons. The minimum absolute atomic E-state index is 0.0671. The van der Waals surface area contributed by atoms with E-state index in [1.165, 1.54) is 24.4 Å². The van der Waals surface area contributed by atoms with Crippen LogP contribution in [0.15, 0.2) is 60.8 Å². The van der Waals surface area contributed by atoms with Gasteiger partial charge in [0.25, 0.3) is 5.69 Å². The van der Waals surface area contributed by atoms with E-state index in [1.807, 2.05) is 31.2 Å². The summed E-state index contributed by atoms with van der Waals surface area (Å²) in [6, 6.07) is 14.5. The van der Waals surface area contributed by atoms with Crippen LogP contribution in [-0.2, 0) is 0 Å². The first-order valence-corrected chi connectivity index (χ1v) is 9.55. The Balaban J connectivity index is 1.58. The predicted octanol–water partition coefficient (Wildman–Crippen LogP) is 4.56. The van der Waals surface area contributed by atoms with Gasteiger partial charge in [-0.1, -0.05) is 24.3 Å². The lowest BCUT2D eigenvalue weighted by Crippen LogP contribution is -2.21. The second kappa shape index (κ2) is 8.64. The maximum atomic E-state index is 12.3. The normalized spacial score (nSPS) is 10.6. The van der Waals surface area contributed by atoms with Crippen LogP contribution in [0.25, 0.3) is 22.4 Å². The van der Waals surface area contributed by atoms with Crippen LogP contribution in [0, 0.1) is 17.0 Å². The van der Waals surface area contributed by atoms with E-state index in [-0.39, 0.29) is 17.2 Å². The first-order valence-electron chi connectivity index (χ1n) is 9.55. The van der Waals surface area contributed by atoms with Gasteiger partial charge >= 0.3 is 6.03 Å². The number of hydrogen-bond acceptors (Lipinski definition) is 7. The minimum Gasteiger partial charge on any atom is -0.496 e. The average Bonchev–Trinajstić information content (AvgIpc) is 2.79. The number of fused-ring (bicyclic) bond motifs is 1. The summed E-state index contributed by atoms with van der Waals surface area (Å²) in [6.45, 7) is 1.95. The van der Waals surface area contributed by atoms with Crippen molar-refractivity contribution in [2.45, 2.75) is 6.92 Å². The zero-order valence-electron chi connectivity index (χ0n) is 17.2. The molecule has 0 aliphatic carbocycles. The Morgan fingerprint density at radius 2 is 1.88 bits per heavy atom. The van der Waals surface area contributed by atoms with Crippen molar-refractivity contribution in [3.8, 4) is 17.0 Å². The van der Waals surface area contributed by atoms with Crippen LogP contribution in [0.5, 0.6) is 5.75 Å². The summed E-state index contributed by atoms with van der Waals surface area (Å²) in [7, 11) is 1.61. The molecule has 2 heterocycles. The van der Waals surface area contributed by atoms with E-state index < -0.39 is 11.0 Å². The van der Waals surface area contributed by atoms with Gasteiger partial charge in [-0.3, -0.25) is 15.4 Å². The molecule has 0 fully saturated rings. The summed E-state index contributed by atoms with van der Waals surface area (Å²) in [6.07, 6.45) is 1.39. The molecule has 0 saturated carbocycles. The summed E-state index contributed by atoms with van der Waals surface area (Å²) in [5.74, 6) is 0.900. The fourth-order valence-electron chi connectivity index (χ4n) is 3.11. The molecule has 0 radical (unpaired) electrons. The van der Waals surface area contributed by atoms with Crippen molar-refractivity contribution in [1.29, 1.82) is 0 Å². The van der Waals surface area contributed by atoms with Crippen LogP contribution in [0.3, 0.4) is 0 Å². The summed E-state index contributed by atoms with van der Waals surface area (Å²) < 4.78 is 5.38. The Labute approximate surface area is 182 Å². The number of benzene rings is 2. The maximum Gasteiger partial charge on any atom is 0.325 e. The van der Waals surface area contributed by atoms with E-state index in [0.29, 0.717) is 16.9 Å². The lowest BCUT2D eigenvalue weighted by Gasteiger charge is -2.09. The number of ether oxygens (including phenoxy) is 1. The second-order valence-electron chi connectivity index (χ2n) is 6.83. The number of para-hydroxylation sites is 2. The fraction of sp³-hybridized carbons (Fsp3) is 0.0909. The van der Waals surface area contributed by atoms with E-state index in [0.717, 1.165) is 16.9 Å². The highest BCUT2D eigenvalue weighted by atomic mass is 16.6. The zero-order valence-corrected chi connectivity index (χ0v) is 17.2. The van der Waals surface area contributed by atoms with Gasteiger partial charge in [0.2, 0.25) is 0 Å². The summed E-state index contributed by atoms with van der Waals surface area (Å²) >= 11 is 0. The highest BCUT2D eigenvalue weighted by Gasteiger charge is 2.15. The molecule has 2 amide bonds. The van der Waals surface area contributed by atoms with Crippen LogP contribution >= 0.6 is 0 Å². The van der Waals surface area contributed by atoms with Crippen molar-refractivity contribution < 1.29 is 14.5 Å². The van der Waals surface area contributed by atoms with Crippen LogP contribution in [0.2, 0.25) is 0 Å². The quantitative estimate of drug-likeness (QED) is 0.350. The predicted molar refractivity (Wildman–Crippen MR) is 120 cm³/mol. The third kappa shape index (κ3) is 4.29. The van der Waals surface area contributed by atoms with Crippen LogP contribution in [-0.4, -0.2) is 33.0 Å². The van der Waals surface area contributed by atoms with Crippen LogP contribution in [0.1, 0.15) is 5.56 Å². The number of anilines is 2.